The van der Waals surface area contributed by atoms with Crippen molar-refractivity contribution in [3.05, 3.63) is 23.3 Å². The average Bonchev–Trinajstić information content (AvgIpc) is 2.34. The Bertz CT molecular complexity index is 424. The van der Waals surface area contributed by atoms with Gasteiger partial charge in [-0.05, 0) is 17.9 Å². The Morgan fingerprint density at radius 1 is 1.22 bits per heavy atom. The fourth-order valence-electron chi connectivity index (χ4n) is 1.95. The lowest BCUT2D eigenvalue weighted by molar-refractivity contribution is -0.136. The van der Waals surface area contributed by atoms with Gasteiger partial charge in [0.25, 0.3) is 0 Å². The summed E-state index contributed by atoms with van der Waals surface area (Å²) < 4.78 is 10.8. The van der Waals surface area contributed by atoms with Crippen LogP contribution in [0.15, 0.2) is 12.1 Å². The molecule has 1 aromatic carbocycles. The summed E-state index contributed by atoms with van der Waals surface area (Å²) in [6.07, 6.45) is 0.522. The van der Waals surface area contributed by atoms with Gasteiger partial charge in [0.05, 0.1) is 14.2 Å². The van der Waals surface area contributed by atoms with E-state index in [9.17, 15) is 4.79 Å². The molecule has 0 unspecified atom stereocenters. The number of aryl methyl sites for hydroxylation is 1. The van der Waals surface area contributed by atoms with Crippen LogP contribution in [-0.4, -0.2) is 25.3 Å². The Labute approximate surface area is 108 Å². The minimum absolute atomic E-state index is 0.0839. The highest BCUT2D eigenvalue weighted by atomic mass is 16.5. The first kappa shape index (κ1) is 14.4. The maximum atomic E-state index is 10.6. The summed E-state index contributed by atoms with van der Waals surface area (Å²) in [5, 5.41) is 8.74. The molecule has 0 aliphatic carbocycles. The van der Waals surface area contributed by atoms with Crippen LogP contribution in [0.5, 0.6) is 11.5 Å². The van der Waals surface area contributed by atoms with Crippen molar-refractivity contribution in [3.8, 4) is 11.5 Å². The van der Waals surface area contributed by atoms with E-state index >= 15 is 0 Å². The van der Waals surface area contributed by atoms with E-state index in [0.29, 0.717) is 23.8 Å². The van der Waals surface area contributed by atoms with E-state index in [1.165, 1.54) is 0 Å². The molecule has 0 spiro atoms. The number of hydrogen-bond acceptors (Lipinski definition) is 3. The van der Waals surface area contributed by atoms with Crippen molar-refractivity contribution >= 4 is 5.97 Å². The number of carboxylic acids is 1. The van der Waals surface area contributed by atoms with E-state index in [1.807, 2.05) is 12.1 Å². The second-order valence-electron chi connectivity index (χ2n) is 4.43. The van der Waals surface area contributed by atoms with Crippen LogP contribution >= 0.6 is 0 Å². The van der Waals surface area contributed by atoms with Crippen LogP contribution in [0.4, 0.5) is 0 Å². The first-order valence-corrected chi connectivity index (χ1v) is 5.96. The highest BCUT2D eigenvalue weighted by molar-refractivity contribution is 5.67. The van der Waals surface area contributed by atoms with Crippen molar-refractivity contribution in [1.29, 1.82) is 0 Å². The van der Waals surface area contributed by atoms with Crippen molar-refractivity contribution in [2.45, 2.75) is 32.6 Å². The van der Waals surface area contributed by atoms with Crippen LogP contribution in [0.25, 0.3) is 0 Å². The molecule has 1 N–H and O–H groups in total. The predicted octanol–water partition coefficient (Wildman–Crippen LogP) is 2.84. The van der Waals surface area contributed by atoms with Crippen LogP contribution in [0.2, 0.25) is 0 Å². The van der Waals surface area contributed by atoms with E-state index < -0.39 is 5.97 Å². The van der Waals surface area contributed by atoms with E-state index in [-0.39, 0.29) is 6.42 Å². The second kappa shape index (κ2) is 6.28. The predicted molar refractivity (Wildman–Crippen MR) is 69.6 cm³/mol. The van der Waals surface area contributed by atoms with Gasteiger partial charge < -0.3 is 14.6 Å². The van der Waals surface area contributed by atoms with Gasteiger partial charge in [-0.3, -0.25) is 4.79 Å². The maximum absolute atomic E-state index is 10.6. The third-order valence-electron chi connectivity index (χ3n) is 2.86. The Balaban J connectivity index is 3.17. The summed E-state index contributed by atoms with van der Waals surface area (Å²) in [6.45, 7) is 4.16. The van der Waals surface area contributed by atoms with Gasteiger partial charge in [0.15, 0.2) is 11.5 Å². The minimum atomic E-state index is -0.816. The van der Waals surface area contributed by atoms with Crippen molar-refractivity contribution in [1.82, 2.24) is 0 Å². The number of rotatable bonds is 6. The fraction of sp³-hybridized carbons (Fsp3) is 0.500. The molecule has 100 valence electrons. The zero-order valence-corrected chi connectivity index (χ0v) is 11.3. The number of carboxylic acid groups (broad SMARTS) is 1. The van der Waals surface area contributed by atoms with Gasteiger partial charge >= 0.3 is 5.97 Å². The van der Waals surface area contributed by atoms with Crippen molar-refractivity contribution in [3.63, 3.8) is 0 Å². The molecule has 0 atom stereocenters. The monoisotopic (exact) mass is 252 g/mol. The number of hydrogen-bond donors (Lipinski definition) is 1. The molecule has 0 amide bonds. The molecule has 0 aromatic heterocycles. The average molecular weight is 252 g/mol. The minimum Gasteiger partial charge on any atom is -0.493 e. The van der Waals surface area contributed by atoms with Crippen molar-refractivity contribution in [2.24, 2.45) is 0 Å². The molecule has 0 fully saturated rings. The molecule has 0 saturated carbocycles. The van der Waals surface area contributed by atoms with Crippen molar-refractivity contribution < 1.29 is 19.4 Å². The Morgan fingerprint density at radius 2 is 1.83 bits per heavy atom. The first-order chi connectivity index (χ1) is 8.51. The third-order valence-corrected chi connectivity index (χ3v) is 2.86. The first-order valence-electron chi connectivity index (χ1n) is 5.96. The molecule has 4 nitrogen and oxygen atoms in total. The SMILES string of the molecule is COc1c(CCC(=O)O)ccc(C(C)C)c1OC. The van der Waals surface area contributed by atoms with Gasteiger partial charge in [-0.15, -0.1) is 0 Å². The number of aliphatic carboxylic acids is 1. The fourth-order valence-corrected chi connectivity index (χ4v) is 1.95. The van der Waals surface area contributed by atoms with Gasteiger partial charge in [0.2, 0.25) is 0 Å². The molecule has 0 aliphatic heterocycles. The molecule has 1 rings (SSSR count). The van der Waals surface area contributed by atoms with Gasteiger partial charge in [0.1, 0.15) is 0 Å². The Hall–Kier alpha value is -1.71. The van der Waals surface area contributed by atoms with Crippen LogP contribution in [0, 0.1) is 0 Å². The topological polar surface area (TPSA) is 55.8 Å². The Morgan fingerprint density at radius 3 is 2.28 bits per heavy atom. The normalized spacial score (nSPS) is 10.5. The van der Waals surface area contributed by atoms with E-state index in [4.69, 9.17) is 14.6 Å². The quantitative estimate of drug-likeness (QED) is 0.845. The van der Waals surface area contributed by atoms with Crippen LogP contribution in [0.1, 0.15) is 37.3 Å². The highest BCUT2D eigenvalue weighted by Gasteiger charge is 2.17. The molecular formula is C14H20O4. The summed E-state index contributed by atoms with van der Waals surface area (Å²) in [6, 6.07) is 3.89. The van der Waals surface area contributed by atoms with Crippen LogP contribution < -0.4 is 9.47 Å². The molecule has 0 heterocycles. The third kappa shape index (κ3) is 3.15. The lowest BCUT2D eigenvalue weighted by atomic mass is 9.97. The molecule has 1 aromatic rings. The Kier molecular flexibility index (Phi) is 5.01. The summed E-state index contributed by atoms with van der Waals surface area (Å²) in [7, 11) is 3.18. The molecule has 0 bridgehead atoms. The summed E-state index contributed by atoms with van der Waals surface area (Å²) in [5.74, 6) is 0.853. The lowest BCUT2D eigenvalue weighted by Gasteiger charge is -2.18. The zero-order chi connectivity index (χ0) is 13.7. The molecular weight excluding hydrogens is 232 g/mol. The molecule has 4 heteroatoms. The van der Waals surface area contributed by atoms with E-state index in [1.54, 1.807) is 14.2 Å². The summed E-state index contributed by atoms with van der Waals surface area (Å²) in [4.78, 5) is 10.6. The standard InChI is InChI=1S/C14H20O4/c1-9(2)11-7-5-10(6-8-12(15)16)13(17-3)14(11)18-4/h5,7,9H,6,8H2,1-4H3,(H,15,16). The van der Waals surface area contributed by atoms with Crippen LogP contribution in [-0.2, 0) is 11.2 Å². The molecule has 0 aliphatic rings. The molecule has 0 radical (unpaired) electrons. The van der Waals surface area contributed by atoms with E-state index in [2.05, 4.69) is 13.8 Å². The number of carbonyl (C=O) groups is 1. The zero-order valence-electron chi connectivity index (χ0n) is 11.3. The van der Waals surface area contributed by atoms with Gasteiger partial charge in [-0.25, -0.2) is 0 Å². The van der Waals surface area contributed by atoms with Crippen molar-refractivity contribution in [2.75, 3.05) is 14.2 Å². The summed E-state index contributed by atoms with van der Waals surface area (Å²) in [5.41, 5.74) is 1.93. The largest absolute Gasteiger partial charge is 0.493 e. The smallest absolute Gasteiger partial charge is 0.303 e. The number of methoxy groups -OCH3 is 2. The highest BCUT2D eigenvalue weighted by Crippen LogP contribution is 2.38. The van der Waals surface area contributed by atoms with Gasteiger partial charge in [-0.1, -0.05) is 26.0 Å². The maximum Gasteiger partial charge on any atom is 0.303 e. The van der Waals surface area contributed by atoms with Gasteiger partial charge in [-0.2, -0.15) is 0 Å². The van der Waals surface area contributed by atoms with E-state index in [0.717, 1.165) is 11.1 Å². The molecule has 0 saturated heterocycles. The summed E-state index contributed by atoms with van der Waals surface area (Å²) >= 11 is 0. The number of benzene rings is 1. The number of ether oxygens (including phenoxy) is 2. The van der Waals surface area contributed by atoms with Gasteiger partial charge in [0, 0.05) is 12.0 Å². The lowest BCUT2D eigenvalue weighted by Crippen LogP contribution is -2.03. The van der Waals surface area contributed by atoms with Crippen LogP contribution in [0.3, 0.4) is 0 Å². The second-order valence-corrected chi connectivity index (χ2v) is 4.43. The molecule has 18 heavy (non-hydrogen) atoms.